The van der Waals surface area contributed by atoms with E-state index in [1.807, 2.05) is 0 Å². The van der Waals surface area contributed by atoms with Gasteiger partial charge in [0, 0.05) is 16.0 Å². The molecule has 0 saturated heterocycles. The van der Waals surface area contributed by atoms with Gasteiger partial charge in [-0.15, -0.1) is 0 Å². The van der Waals surface area contributed by atoms with Crippen molar-refractivity contribution in [3.05, 3.63) is 55.5 Å². The second-order valence-corrected chi connectivity index (χ2v) is 7.00. The van der Waals surface area contributed by atoms with Crippen LogP contribution in [0, 0.1) is 12.7 Å². The lowest BCUT2D eigenvalue weighted by Crippen LogP contribution is -2.19. The predicted octanol–water partition coefficient (Wildman–Crippen LogP) is 3.36. The smallest absolute Gasteiger partial charge is 0.260 e. The fourth-order valence-corrected chi connectivity index (χ4v) is 3.65. The van der Waals surface area contributed by atoms with Crippen molar-refractivity contribution >= 4 is 44.9 Å². The van der Waals surface area contributed by atoms with Crippen LogP contribution in [-0.2, 0) is 0 Å². The number of H-pyrrole nitrogens is 1. The third-order valence-corrected chi connectivity index (χ3v) is 5.05. The molecule has 3 rings (SSSR count). The standard InChI is InChI=1S/C16H14ClFN4O2S/c1-6(20-16-21-7(2)13(25-16)14(19)23)10-4-8-3-9(17)5-11(18)12(8)22-15(10)24/h3-6H,1-2H3,(H2,19,23)(H,20,21)(H,22,24)/t6-/m0/s1. The minimum absolute atomic E-state index is 0.103. The molecule has 1 amide bonds. The Hall–Kier alpha value is -2.45. The maximum atomic E-state index is 13.9. The molecule has 3 aromatic rings. The van der Waals surface area contributed by atoms with Crippen LogP contribution in [0.25, 0.3) is 10.9 Å². The van der Waals surface area contributed by atoms with Crippen molar-refractivity contribution in [1.82, 2.24) is 9.97 Å². The minimum Gasteiger partial charge on any atom is -0.365 e. The van der Waals surface area contributed by atoms with Crippen molar-refractivity contribution in [2.75, 3.05) is 5.32 Å². The highest BCUT2D eigenvalue weighted by atomic mass is 35.5. The SMILES string of the molecule is Cc1nc(N[C@@H](C)c2cc3cc(Cl)cc(F)c3[nH]c2=O)sc1C(N)=O. The van der Waals surface area contributed by atoms with Gasteiger partial charge in [0.15, 0.2) is 5.13 Å². The summed E-state index contributed by atoms with van der Waals surface area (Å²) in [5.74, 6) is -1.14. The van der Waals surface area contributed by atoms with Gasteiger partial charge in [0.2, 0.25) is 0 Å². The number of halogens is 2. The first kappa shape index (κ1) is 17.4. The number of primary amides is 1. The summed E-state index contributed by atoms with van der Waals surface area (Å²) in [5.41, 5.74) is 5.88. The Morgan fingerprint density at radius 3 is 2.80 bits per heavy atom. The summed E-state index contributed by atoms with van der Waals surface area (Å²) in [6.07, 6.45) is 0. The van der Waals surface area contributed by atoms with E-state index in [0.29, 0.717) is 26.7 Å². The van der Waals surface area contributed by atoms with E-state index < -0.39 is 23.3 Å². The maximum absolute atomic E-state index is 13.9. The number of aryl methyl sites for hydroxylation is 1. The maximum Gasteiger partial charge on any atom is 0.260 e. The van der Waals surface area contributed by atoms with Gasteiger partial charge in [0.1, 0.15) is 10.7 Å². The van der Waals surface area contributed by atoms with Crippen LogP contribution in [-0.4, -0.2) is 15.9 Å². The molecule has 0 aliphatic carbocycles. The number of anilines is 1. The van der Waals surface area contributed by atoms with Crippen molar-refractivity contribution in [1.29, 1.82) is 0 Å². The molecule has 0 bridgehead atoms. The highest BCUT2D eigenvalue weighted by Crippen LogP contribution is 2.27. The normalized spacial score (nSPS) is 12.3. The average molecular weight is 381 g/mol. The quantitative estimate of drug-likeness (QED) is 0.646. The lowest BCUT2D eigenvalue weighted by molar-refractivity contribution is 0.100. The number of carbonyl (C=O) groups is 1. The number of benzene rings is 1. The van der Waals surface area contributed by atoms with E-state index in [2.05, 4.69) is 15.3 Å². The molecule has 0 fully saturated rings. The number of pyridine rings is 1. The Kier molecular flexibility index (Phi) is 4.49. The molecule has 2 aromatic heterocycles. The Morgan fingerprint density at radius 1 is 1.44 bits per heavy atom. The molecule has 130 valence electrons. The zero-order valence-electron chi connectivity index (χ0n) is 13.3. The van der Waals surface area contributed by atoms with Crippen LogP contribution in [0.5, 0.6) is 0 Å². The number of aromatic nitrogens is 2. The van der Waals surface area contributed by atoms with Crippen molar-refractivity contribution in [3.63, 3.8) is 0 Å². The monoisotopic (exact) mass is 380 g/mol. The third kappa shape index (κ3) is 3.35. The first-order chi connectivity index (χ1) is 11.8. The van der Waals surface area contributed by atoms with E-state index in [1.54, 1.807) is 26.0 Å². The number of rotatable bonds is 4. The minimum atomic E-state index is -0.589. The van der Waals surface area contributed by atoms with Crippen LogP contribution in [0.4, 0.5) is 9.52 Å². The topological polar surface area (TPSA) is 101 Å². The summed E-state index contributed by atoms with van der Waals surface area (Å²) in [7, 11) is 0. The van der Waals surface area contributed by atoms with Gasteiger partial charge in [0.05, 0.1) is 17.3 Å². The average Bonchev–Trinajstić information content (AvgIpc) is 2.88. The van der Waals surface area contributed by atoms with E-state index in [4.69, 9.17) is 17.3 Å². The fourth-order valence-electron chi connectivity index (χ4n) is 2.53. The van der Waals surface area contributed by atoms with Gasteiger partial charge in [-0.25, -0.2) is 9.37 Å². The van der Waals surface area contributed by atoms with Crippen LogP contribution < -0.4 is 16.6 Å². The number of fused-ring (bicyclic) bond motifs is 1. The molecule has 0 aliphatic heterocycles. The number of amides is 1. The van der Waals surface area contributed by atoms with Crippen molar-refractivity contribution in [3.8, 4) is 0 Å². The Balaban J connectivity index is 1.98. The molecule has 4 N–H and O–H groups in total. The molecule has 25 heavy (non-hydrogen) atoms. The molecule has 6 nitrogen and oxygen atoms in total. The van der Waals surface area contributed by atoms with E-state index in [9.17, 15) is 14.0 Å². The van der Waals surface area contributed by atoms with Gasteiger partial charge in [-0.3, -0.25) is 9.59 Å². The molecule has 0 radical (unpaired) electrons. The summed E-state index contributed by atoms with van der Waals surface area (Å²) in [6, 6.07) is 3.87. The van der Waals surface area contributed by atoms with E-state index in [1.165, 1.54) is 0 Å². The number of nitrogens with zero attached hydrogens (tertiary/aromatic N) is 1. The number of thiazole rings is 1. The van der Waals surface area contributed by atoms with Gasteiger partial charge in [-0.1, -0.05) is 22.9 Å². The fraction of sp³-hybridized carbons (Fsp3) is 0.188. The number of nitrogens with one attached hydrogen (secondary N) is 2. The van der Waals surface area contributed by atoms with Crippen LogP contribution >= 0.6 is 22.9 Å². The van der Waals surface area contributed by atoms with Crippen molar-refractivity contribution in [2.24, 2.45) is 5.73 Å². The van der Waals surface area contributed by atoms with Gasteiger partial charge < -0.3 is 16.0 Å². The van der Waals surface area contributed by atoms with Crippen LogP contribution in [0.2, 0.25) is 5.02 Å². The number of hydrogen-bond donors (Lipinski definition) is 3. The molecular weight excluding hydrogens is 367 g/mol. The molecular formula is C16H14ClFN4O2S. The highest BCUT2D eigenvalue weighted by Gasteiger charge is 2.17. The zero-order chi connectivity index (χ0) is 18.3. The van der Waals surface area contributed by atoms with Gasteiger partial charge in [0.25, 0.3) is 11.5 Å². The number of aromatic amines is 1. The molecule has 0 aliphatic rings. The molecule has 9 heteroatoms. The summed E-state index contributed by atoms with van der Waals surface area (Å²) in [6.45, 7) is 3.44. The largest absolute Gasteiger partial charge is 0.365 e. The first-order valence-electron chi connectivity index (χ1n) is 7.32. The van der Waals surface area contributed by atoms with Crippen molar-refractivity contribution in [2.45, 2.75) is 19.9 Å². The Morgan fingerprint density at radius 2 is 2.16 bits per heavy atom. The predicted molar refractivity (Wildman–Crippen MR) is 96.9 cm³/mol. The van der Waals surface area contributed by atoms with Crippen LogP contribution in [0.1, 0.15) is 33.9 Å². The van der Waals surface area contributed by atoms with E-state index in [0.717, 1.165) is 17.4 Å². The number of carbonyl (C=O) groups excluding carboxylic acids is 1. The third-order valence-electron chi connectivity index (χ3n) is 3.72. The molecule has 0 unspecified atom stereocenters. The lowest BCUT2D eigenvalue weighted by Gasteiger charge is -2.13. The number of hydrogen-bond acceptors (Lipinski definition) is 5. The molecule has 1 atom stereocenters. The lowest BCUT2D eigenvalue weighted by atomic mass is 10.1. The molecule has 0 spiro atoms. The summed E-state index contributed by atoms with van der Waals surface area (Å²) >= 11 is 6.99. The molecule has 0 saturated carbocycles. The summed E-state index contributed by atoms with van der Waals surface area (Å²) in [5, 5.41) is 4.26. The molecule has 1 aromatic carbocycles. The molecule has 2 heterocycles. The van der Waals surface area contributed by atoms with Crippen molar-refractivity contribution < 1.29 is 9.18 Å². The number of nitrogens with two attached hydrogens (primary N) is 1. The zero-order valence-corrected chi connectivity index (χ0v) is 14.9. The van der Waals surface area contributed by atoms with Gasteiger partial charge in [-0.05, 0) is 32.0 Å². The summed E-state index contributed by atoms with van der Waals surface area (Å²) in [4.78, 5) is 30.7. The van der Waals surface area contributed by atoms with Crippen LogP contribution in [0.3, 0.4) is 0 Å². The van der Waals surface area contributed by atoms with Gasteiger partial charge in [-0.2, -0.15) is 0 Å². The van der Waals surface area contributed by atoms with E-state index >= 15 is 0 Å². The van der Waals surface area contributed by atoms with Gasteiger partial charge >= 0.3 is 0 Å². The Labute approximate surface area is 150 Å². The summed E-state index contributed by atoms with van der Waals surface area (Å²) < 4.78 is 13.9. The van der Waals surface area contributed by atoms with E-state index in [-0.39, 0.29) is 10.5 Å². The highest BCUT2D eigenvalue weighted by molar-refractivity contribution is 7.17. The second-order valence-electron chi connectivity index (χ2n) is 5.57. The first-order valence-corrected chi connectivity index (χ1v) is 8.51. The Bertz CT molecular complexity index is 1050. The van der Waals surface area contributed by atoms with Crippen LogP contribution in [0.15, 0.2) is 23.0 Å². The second kappa shape index (κ2) is 6.45.